The summed E-state index contributed by atoms with van der Waals surface area (Å²) in [6.45, 7) is 7.55. The van der Waals surface area contributed by atoms with Crippen molar-refractivity contribution in [2.45, 2.75) is 19.9 Å². The molecule has 1 aromatic heterocycles. The molecular formula is C16H26N4O4. The van der Waals surface area contributed by atoms with Gasteiger partial charge >= 0.3 is 6.03 Å². The lowest BCUT2D eigenvalue weighted by Gasteiger charge is -2.33. The number of nitrogens with zero attached hydrogens (tertiary/aromatic N) is 1. The van der Waals surface area contributed by atoms with Crippen molar-refractivity contribution in [2.75, 3.05) is 45.9 Å². The van der Waals surface area contributed by atoms with E-state index in [2.05, 4.69) is 20.9 Å². The van der Waals surface area contributed by atoms with Crippen molar-refractivity contribution in [2.24, 2.45) is 0 Å². The summed E-state index contributed by atoms with van der Waals surface area (Å²) >= 11 is 0. The molecule has 8 nitrogen and oxygen atoms in total. The molecule has 1 atom stereocenters. The Morgan fingerprint density at radius 3 is 2.50 bits per heavy atom. The van der Waals surface area contributed by atoms with Crippen LogP contribution < -0.4 is 16.0 Å². The summed E-state index contributed by atoms with van der Waals surface area (Å²) in [5.41, 5.74) is 0. The van der Waals surface area contributed by atoms with Gasteiger partial charge in [-0.05, 0) is 19.1 Å². The van der Waals surface area contributed by atoms with Crippen LogP contribution in [0.1, 0.15) is 24.5 Å². The van der Waals surface area contributed by atoms with E-state index >= 15 is 0 Å². The molecule has 0 aromatic carbocycles. The van der Waals surface area contributed by atoms with Gasteiger partial charge in [0.05, 0.1) is 19.3 Å². The molecule has 0 radical (unpaired) electrons. The monoisotopic (exact) mass is 338 g/mol. The maximum absolute atomic E-state index is 11.9. The number of furan rings is 1. The Hall–Kier alpha value is -2.06. The summed E-state index contributed by atoms with van der Waals surface area (Å²) in [6, 6.07) is 3.59. The van der Waals surface area contributed by atoms with Crippen LogP contribution in [0.5, 0.6) is 0 Å². The third kappa shape index (κ3) is 5.86. The second kappa shape index (κ2) is 9.29. The SMILES string of the molecule is CC(=O)NCCNC(=O)NCC(c1ccc(C)o1)N1CCOCC1. The first kappa shape index (κ1) is 18.3. The smallest absolute Gasteiger partial charge is 0.314 e. The van der Waals surface area contributed by atoms with Gasteiger partial charge in [-0.25, -0.2) is 4.79 Å². The van der Waals surface area contributed by atoms with Crippen LogP contribution in [0.4, 0.5) is 4.79 Å². The van der Waals surface area contributed by atoms with Crippen LogP contribution >= 0.6 is 0 Å². The van der Waals surface area contributed by atoms with Crippen molar-refractivity contribution in [3.05, 3.63) is 23.7 Å². The van der Waals surface area contributed by atoms with Gasteiger partial charge in [-0.1, -0.05) is 0 Å². The minimum atomic E-state index is -0.262. The van der Waals surface area contributed by atoms with E-state index in [1.54, 1.807) is 0 Å². The molecule has 0 saturated carbocycles. The van der Waals surface area contributed by atoms with E-state index in [1.807, 2.05) is 19.1 Å². The molecule has 3 amide bonds. The fraction of sp³-hybridized carbons (Fsp3) is 0.625. The number of ether oxygens (including phenoxy) is 1. The zero-order chi connectivity index (χ0) is 17.4. The number of nitrogens with one attached hydrogen (secondary N) is 3. The lowest BCUT2D eigenvalue weighted by Crippen LogP contribution is -2.46. The predicted octanol–water partition coefficient (Wildman–Crippen LogP) is 0.397. The Kier molecular flexibility index (Phi) is 7.07. The van der Waals surface area contributed by atoms with Crippen LogP contribution in [0.2, 0.25) is 0 Å². The van der Waals surface area contributed by atoms with Gasteiger partial charge in [0.25, 0.3) is 0 Å². The molecule has 2 rings (SSSR count). The summed E-state index contributed by atoms with van der Waals surface area (Å²) in [7, 11) is 0. The molecule has 1 saturated heterocycles. The molecule has 3 N–H and O–H groups in total. The topological polar surface area (TPSA) is 95.8 Å². The van der Waals surface area contributed by atoms with Crippen LogP contribution in [0.25, 0.3) is 0 Å². The van der Waals surface area contributed by atoms with Crippen molar-refractivity contribution < 1.29 is 18.7 Å². The molecule has 0 bridgehead atoms. The lowest BCUT2D eigenvalue weighted by atomic mass is 10.1. The summed E-state index contributed by atoms with van der Waals surface area (Å²) in [5.74, 6) is 1.58. The minimum Gasteiger partial charge on any atom is -0.465 e. The van der Waals surface area contributed by atoms with Gasteiger partial charge in [0.15, 0.2) is 0 Å². The zero-order valence-electron chi connectivity index (χ0n) is 14.3. The highest BCUT2D eigenvalue weighted by molar-refractivity contribution is 5.74. The molecule has 1 aliphatic rings. The van der Waals surface area contributed by atoms with Crippen molar-refractivity contribution in [1.29, 1.82) is 0 Å². The van der Waals surface area contributed by atoms with Crippen molar-refractivity contribution >= 4 is 11.9 Å². The number of rotatable bonds is 7. The number of carbonyl (C=O) groups is 2. The Balaban J connectivity index is 1.84. The van der Waals surface area contributed by atoms with Gasteiger partial charge in [-0.15, -0.1) is 0 Å². The number of morpholine rings is 1. The fourth-order valence-electron chi connectivity index (χ4n) is 2.60. The molecule has 2 heterocycles. The van der Waals surface area contributed by atoms with E-state index in [9.17, 15) is 9.59 Å². The van der Waals surface area contributed by atoms with E-state index in [0.717, 1.165) is 24.6 Å². The Labute approximate surface area is 141 Å². The van der Waals surface area contributed by atoms with Crippen LogP contribution in [0.15, 0.2) is 16.5 Å². The van der Waals surface area contributed by atoms with Crippen molar-refractivity contribution in [3.8, 4) is 0 Å². The zero-order valence-corrected chi connectivity index (χ0v) is 14.3. The molecule has 1 aromatic rings. The number of hydrogen-bond acceptors (Lipinski definition) is 5. The first-order valence-corrected chi connectivity index (χ1v) is 8.20. The van der Waals surface area contributed by atoms with Crippen LogP contribution in [0, 0.1) is 6.92 Å². The fourth-order valence-corrected chi connectivity index (χ4v) is 2.60. The summed E-state index contributed by atoms with van der Waals surface area (Å²) < 4.78 is 11.1. The average Bonchev–Trinajstić information content (AvgIpc) is 2.99. The Morgan fingerprint density at radius 1 is 1.17 bits per heavy atom. The van der Waals surface area contributed by atoms with Crippen molar-refractivity contribution in [3.63, 3.8) is 0 Å². The number of hydrogen-bond donors (Lipinski definition) is 3. The second-order valence-electron chi connectivity index (χ2n) is 5.73. The third-order valence-corrected chi connectivity index (χ3v) is 3.82. The first-order chi connectivity index (χ1) is 11.6. The highest BCUT2D eigenvalue weighted by atomic mass is 16.5. The minimum absolute atomic E-state index is 0.0244. The Morgan fingerprint density at radius 2 is 1.88 bits per heavy atom. The van der Waals surface area contributed by atoms with Crippen LogP contribution in [-0.2, 0) is 9.53 Å². The average molecular weight is 338 g/mol. The highest BCUT2D eigenvalue weighted by Gasteiger charge is 2.25. The standard InChI is InChI=1S/C16H26N4O4/c1-12-3-4-15(24-12)14(20-7-9-23-10-8-20)11-19-16(22)18-6-5-17-13(2)21/h3-4,14H,5-11H2,1-2H3,(H,17,21)(H2,18,19,22). The molecule has 24 heavy (non-hydrogen) atoms. The van der Waals surface area contributed by atoms with Crippen LogP contribution in [-0.4, -0.2) is 62.8 Å². The molecule has 0 spiro atoms. The Bertz CT molecular complexity index is 540. The van der Waals surface area contributed by atoms with E-state index in [0.29, 0.717) is 32.8 Å². The molecule has 1 aliphatic heterocycles. The second-order valence-corrected chi connectivity index (χ2v) is 5.73. The summed E-state index contributed by atoms with van der Waals surface area (Å²) in [4.78, 5) is 24.9. The molecule has 1 unspecified atom stereocenters. The molecule has 8 heteroatoms. The van der Waals surface area contributed by atoms with Gasteiger partial charge in [-0.3, -0.25) is 9.69 Å². The van der Waals surface area contributed by atoms with E-state index in [1.165, 1.54) is 6.92 Å². The summed E-state index contributed by atoms with van der Waals surface area (Å²) in [6.07, 6.45) is 0. The highest BCUT2D eigenvalue weighted by Crippen LogP contribution is 2.23. The quantitative estimate of drug-likeness (QED) is 0.625. The van der Waals surface area contributed by atoms with E-state index in [4.69, 9.17) is 9.15 Å². The molecular weight excluding hydrogens is 312 g/mol. The van der Waals surface area contributed by atoms with Crippen LogP contribution in [0.3, 0.4) is 0 Å². The maximum Gasteiger partial charge on any atom is 0.314 e. The lowest BCUT2D eigenvalue weighted by molar-refractivity contribution is -0.118. The number of urea groups is 1. The number of amides is 3. The maximum atomic E-state index is 11.9. The summed E-state index contributed by atoms with van der Waals surface area (Å²) in [5, 5.41) is 8.21. The number of carbonyl (C=O) groups excluding carboxylic acids is 2. The normalized spacial score (nSPS) is 16.4. The van der Waals surface area contributed by atoms with E-state index < -0.39 is 0 Å². The third-order valence-electron chi connectivity index (χ3n) is 3.82. The first-order valence-electron chi connectivity index (χ1n) is 8.20. The van der Waals surface area contributed by atoms with Gasteiger partial charge < -0.3 is 25.1 Å². The molecule has 134 valence electrons. The molecule has 0 aliphatic carbocycles. The van der Waals surface area contributed by atoms with Crippen molar-refractivity contribution in [1.82, 2.24) is 20.9 Å². The van der Waals surface area contributed by atoms with Gasteiger partial charge in [-0.2, -0.15) is 0 Å². The van der Waals surface area contributed by atoms with Gasteiger partial charge in [0, 0.05) is 39.6 Å². The van der Waals surface area contributed by atoms with Gasteiger partial charge in [0.2, 0.25) is 5.91 Å². The number of aryl methyl sites for hydroxylation is 1. The predicted molar refractivity (Wildman–Crippen MR) is 88.7 cm³/mol. The van der Waals surface area contributed by atoms with Gasteiger partial charge in [0.1, 0.15) is 11.5 Å². The largest absolute Gasteiger partial charge is 0.465 e. The van der Waals surface area contributed by atoms with E-state index in [-0.39, 0.29) is 18.0 Å². The molecule has 1 fully saturated rings.